The molecule has 7 heterocycles. The van der Waals surface area contributed by atoms with Crippen molar-refractivity contribution in [3.05, 3.63) is 47.9 Å². The van der Waals surface area contributed by atoms with E-state index >= 15 is 0 Å². The van der Waals surface area contributed by atoms with Gasteiger partial charge in [-0.1, -0.05) is 24.0 Å². The number of hydrogen-bond donors (Lipinski definition) is 1. The summed E-state index contributed by atoms with van der Waals surface area (Å²) >= 11 is 0. The topological polar surface area (TPSA) is 127 Å². The minimum Gasteiger partial charge on any atom is -0.480 e. The molecule has 3 aromatic heterocycles. The monoisotopic (exact) mass is 674 g/mol. The summed E-state index contributed by atoms with van der Waals surface area (Å²) in [6, 6.07) is 7.71. The first kappa shape index (κ1) is 31.7. The first-order valence-corrected chi connectivity index (χ1v) is 16.6. The van der Waals surface area contributed by atoms with Gasteiger partial charge in [-0.05, 0) is 51.1 Å². The van der Waals surface area contributed by atoms with Crippen LogP contribution in [0.3, 0.4) is 0 Å². The van der Waals surface area contributed by atoms with E-state index in [4.69, 9.17) is 23.6 Å². The number of halogens is 2. The standard InChI is InChI=1S/C35H36F2N6O6/c1-21-35(19-46-20-35)47-14-13-42(21)25-15-22(7-6-12-41-10-4-5-11-41)17-38-33(25)48-23-16-26(34(44)45)43(18-23)32-29-28(39-31(40-32)30(36)37)24-8-2-3-9-27(24)49-29/h2-3,8-9,15,17,21,23,26,30H,4-5,10-14,16,18-20H2,1H3,(H,44,45)/t21-,23-,26-/m0/s1. The molecule has 4 fully saturated rings. The highest BCUT2D eigenvalue weighted by atomic mass is 19.3. The first-order valence-electron chi connectivity index (χ1n) is 16.6. The Hall–Kier alpha value is -4.58. The van der Waals surface area contributed by atoms with E-state index in [2.05, 4.69) is 38.5 Å². The number of morpholine rings is 1. The van der Waals surface area contributed by atoms with Crippen LogP contribution in [0.25, 0.3) is 22.1 Å². The third-order valence-corrected chi connectivity index (χ3v) is 10.0. The van der Waals surface area contributed by atoms with Gasteiger partial charge in [0.25, 0.3) is 6.43 Å². The number of ether oxygens (including phenoxy) is 3. The van der Waals surface area contributed by atoms with Crippen LogP contribution in [0.5, 0.6) is 5.88 Å². The summed E-state index contributed by atoms with van der Waals surface area (Å²) in [5.41, 5.74) is 1.79. The minimum atomic E-state index is -2.97. The van der Waals surface area contributed by atoms with Crippen LogP contribution in [0.1, 0.15) is 44.0 Å². The maximum atomic E-state index is 14.1. The van der Waals surface area contributed by atoms with Gasteiger partial charge in [-0.25, -0.2) is 28.5 Å². The molecule has 1 aromatic carbocycles. The smallest absolute Gasteiger partial charge is 0.326 e. The number of anilines is 2. The van der Waals surface area contributed by atoms with Crippen molar-refractivity contribution in [1.29, 1.82) is 0 Å². The number of furan rings is 1. The molecule has 14 heteroatoms. The predicted octanol–water partition coefficient (Wildman–Crippen LogP) is 4.26. The van der Waals surface area contributed by atoms with E-state index in [0.29, 0.717) is 49.8 Å². The molecule has 4 aliphatic heterocycles. The highest BCUT2D eigenvalue weighted by Crippen LogP contribution is 2.41. The third kappa shape index (κ3) is 5.79. The van der Waals surface area contributed by atoms with Crippen molar-refractivity contribution in [2.75, 3.05) is 62.3 Å². The first-order chi connectivity index (χ1) is 23.8. The zero-order chi connectivity index (χ0) is 33.7. The van der Waals surface area contributed by atoms with Crippen molar-refractivity contribution in [1.82, 2.24) is 19.9 Å². The Bertz CT molecular complexity index is 1950. The molecule has 0 saturated carbocycles. The summed E-state index contributed by atoms with van der Waals surface area (Å²) in [5.74, 6) is 5.01. The van der Waals surface area contributed by atoms with E-state index in [1.165, 1.54) is 17.7 Å². The summed E-state index contributed by atoms with van der Waals surface area (Å²) in [5, 5.41) is 10.8. The van der Waals surface area contributed by atoms with Crippen LogP contribution >= 0.6 is 0 Å². The second kappa shape index (κ2) is 12.7. The molecule has 0 unspecified atom stereocenters. The van der Waals surface area contributed by atoms with Crippen LogP contribution in [0.15, 0.2) is 40.9 Å². The highest BCUT2D eigenvalue weighted by Gasteiger charge is 2.50. The Morgan fingerprint density at radius 1 is 1.16 bits per heavy atom. The molecule has 12 nitrogen and oxygen atoms in total. The number of alkyl halides is 2. The molecular weight excluding hydrogens is 638 g/mol. The number of carboxylic acid groups (broad SMARTS) is 1. The largest absolute Gasteiger partial charge is 0.480 e. The maximum Gasteiger partial charge on any atom is 0.326 e. The van der Waals surface area contributed by atoms with Gasteiger partial charge in [-0.2, -0.15) is 0 Å². The van der Waals surface area contributed by atoms with E-state index in [1.54, 1.807) is 30.5 Å². The molecule has 4 saturated heterocycles. The van der Waals surface area contributed by atoms with E-state index in [0.717, 1.165) is 24.3 Å². The number of rotatable bonds is 7. The van der Waals surface area contributed by atoms with Gasteiger partial charge in [0.05, 0.1) is 39.0 Å². The average Bonchev–Trinajstić information content (AvgIpc) is 3.84. The lowest BCUT2D eigenvalue weighted by Gasteiger charge is -2.53. The molecule has 0 radical (unpaired) electrons. The zero-order valence-corrected chi connectivity index (χ0v) is 27.0. The van der Waals surface area contributed by atoms with Gasteiger partial charge < -0.3 is 33.5 Å². The van der Waals surface area contributed by atoms with Gasteiger partial charge in [0.1, 0.15) is 34.5 Å². The maximum absolute atomic E-state index is 14.1. The molecule has 0 aliphatic carbocycles. The lowest BCUT2D eigenvalue weighted by molar-refractivity contribution is -0.228. The van der Waals surface area contributed by atoms with Gasteiger partial charge in [0.2, 0.25) is 5.88 Å². The molecule has 0 bridgehead atoms. The van der Waals surface area contributed by atoms with Crippen LogP contribution < -0.4 is 14.5 Å². The number of hydrogen-bond acceptors (Lipinski definition) is 11. The Balaban J connectivity index is 1.13. The number of aromatic nitrogens is 3. The fraction of sp³-hybridized carbons (Fsp3) is 0.486. The lowest BCUT2D eigenvalue weighted by atomic mass is 9.90. The summed E-state index contributed by atoms with van der Waals surface area (Å²) in [4.78, 5) is 31.6. The number of pyridine rings is 1. The number of fused-ring (bicyclic) bond motifs is 3. The quantitative estimate of drug-likeness (QED) is 0.282. The second-order valence-corrected chi connectivity index (χ2v) is 13.1. The number of benzene rings is 1. The highest BCUT2D eigenvalue weighted by molar-refractivity contribution is 6.06. The molecule has 3 atom stereocenters. The Kier molecular flexibility index (Phi) is 8.21. The van der Waals surface area contributed by atoms with Crippen molar-refractivity contribution >= 4 is 39.5 Å². The molecule has 4 aromatic rings. The Morgan fingerprint density at radius 2 is 1.98 bits per heavy atom. The van der Waals surface area contributed by atoms with Crippen LogP contribution in [0.4, 0.5) is 20.3 Å². The van der Waals surface area contributed by atoms with Gasteiger partial charge in [-0.3, -0.25) is 4.90 Å². The van der Waals surface area contributed by atoms with E-state index < -0.39 is 36.0 Å². The third-order valence-electron chi connectivity index (χ3n) is 10.0. The Morgan fingerprint density at radius 3 is 2.73 bits per heavy atom. The summed E-state index contributed by atoms with van der Waals surface area (Å²) in [7, 11) is 0. The molecule has 4 aliphatic rings. The zero-order valence-electron chi connectivity index (χ0n) is 27.0. The summed E-state index contributed by atoms with van der Waals surface area (Å²) < 4.78 is 52.4. The normalized spacial score (nSPS) is 23.7. The van der Waals surface area contributed by atoms with Crippen molar-refractivity contribution in [3.63, 3.8) is 0 Å². The van der Waals surface area contributed by atoms with E-state index in [-0.39, 0.29) is 35.9 Å². The van der Waals surface area contributed by atoms with Crippen molar-refractivity contribution in [2.24, 2.45) is 0 Å². The molecule has 0 amide bonds. The molecule has 49 heavy (non-hydrogen) atoms. The van der Waals surface area contributed by atoms with E-state index in [9.17, 15) is 18.7 Å². The summed E-state index contributed by atoms with van der Waals surface area (Å²) in [6.07, 6.45) is 0.463. The SMILES string of the molecule is C[C@@H]1N(c2cc(C#CCN3CCCC3)cnc2O[C@H]2C[C@@H](C(=O)O)N(c3nc(C(F)F)nc4c3oc3ccccc34)C2)CCOC12COC2. The fourth-order valence-corrected chi connectivity index (χ4v) is 7.30. The van der Waals surface area contributed by atoms with Gasteiger partial charge in [0.15, 0.2) is 17.2 Å². The van der Waals surface area contributed by atoms with Crippen LogP contribution in [0, 0.1) is 11.8 Å². The van der Waals surface area contributed by atoms with Crippen molar-refractivity contribution in [2.45, 2.75) is 56.4 Å². The minimum absolute atomic E-state index is 0.0134. The van der Waals surface area contributed by atoms with Crippen LogP contribution in [0.2, 0.25) is 0 Å². The fourth-order valence-electron chi connectivity index (χ4n) is 7.30. The van der Waals surface area contributed by atoms with Crippen LogP contribution in [-0.4, -0.2) is 107 Å². The van der Waals surface area contributed by atoms with E-state index in [1.807, 2.05) is 6.07 Å². The number of para-hydroxylation sites is 1. The van der Waals surface area contributed by atoms with Gasteiger partial charge >= 0.3 is 5.97 Å². The molecule has 1 spiro atoms. The molecular formula is C35H36F2N6O6. The number of likely N-dealkylation sites (tertiary alicyclic amines) is 1. The van der Waals surface area contributed by atoms with Crippen molar-refractivity contribution < 1.29 is 37.3 Å². The van der Waals surface area contributed by atoms with Crippen LogP contribution in [-0.2, 0) is 14.3 Å². The Labute approximate surface area is 280 Å². The van der Waals surface area contributed by atoms with Gasteiger partial charge in [0, 0.05) is 30.1 Å². The van der Waals surface area contributed by atoms with Crippen molar-refractivity contribution in [3.8, 4) is 17.7 Å². The lowest BCUT2D eigenvalue weighted by Crippen LogP contribution is -2.68. The number of carbonyl (C=O) groups is 1. The molecule has 1 N–H and O–H groups in total. The number of nitrogens with zero attached hydrogens (tertiary/aromatic N) is 6. The molecule has 8 rings (SSSR count). The second-order valence-electron chi connectivity index (χ2n) is 13.1. The summed E-state index contributed by atoms with van der Waals surface area (Å²) in [6.45, 7) is 6.96. The van der Waals surface area contributed by atoms with Gasteiger partial charge in [-0.15, -0.1) is 0 Å². The predicted molar refractivity (Wildman–Crippen MR) is 175 cm³/mol. The average molecular weight is 675 g/mol. The number of aliphatic carboxylic acids is 1. The molecule has 256 valence electrons. The number of carboxylic acids is 1.